The lowest BCUT2D eigenvalue weighted by molar-refractivity contribution is 0.0790. The summed E-state index contributed by atoms with van der Waals surface area (Å²) in [6, 6.07) is 6.40. The van der Waals surface area contributed by atoms with Crippen LogP contribution in [0.1, 0.15) is 27.1 Å². The second kappa shape index (κ2) is 6.89. The Bertz CT molecular complexity index is 441. The maximum absolute atomic E-state index is 12.1. The van der Waals surface area contributed by atoms with Crippen LogP contribution in [0.3, 0.4) is 0 Å². The van der Waals surface area contributed by atoms with Gasteiger partial charge in [0, 0.05) is 24.7 Å². The summed E-state index contributed by atoms with van der Waals surface area (Å²) < 4.78 is 0. The van der Waals surface area contributed by atoms with Crippen molar-refractivity contribution in [2.24, 2.45) is 5.73 Å². The number of nitrogens with zero attached hydrogens (tertiary/aromatic N) is 2. The maximum atomic E-state index is 12.1. The first-order valence-corrected chi connectivity index (χ1v) is 6.22. The summed E-state index contributed by atoms with van der Waals surface area (Å²) in [5.41, 5.74) is 6.13. The molecule has 0 saturated heterocycles. The molecule has 19 heavy (non-hydrogen) atoms. The summed E-state index contributed by atoms with van der Waals surface area (Å²) in [7, 11) is 5.79. The van der Waals surface area contributed by atoms with Crippen molar-refractivity contribution >= 4 is 11.8 Å². The quantitative estimate of drug-likeness (QED) is 0.826. The number of primary amides is 1. The van der Waals surface area contributed by atoms with Crippen LogP contribution in [0.15, 0.2) is 24.3 Å². The van der Waals surface area contributed by atoms with Gasteiger partial charge in [0.25, 0.3) is 5.91 Å². The molecule has 0 unspecified atom stereocenters. The molecule has 0 fully saturated rings. The Hall–Kier alpha value is -1.88. The molecule has 0 bridgehead atoms. The Labute approximate surface area is 114 Å². The molecule has 1 rings (SSSR count). The van der Waals surface area contributed by atoms with Crippen LogP contribution in [0.2, 0.25) is 0 Å². The highest BCUT2D eigenvalue weighted by atomic mass is 16.2. The van der Waals surface area contributed by atoms with Gasteiger partial charge in [-0.05, 0) is 51.3 Å². The number of carbonyl (C=O) groups excluding carboxylic acids is 2. The molecule has 104 valence electrons. The Morgan fingerprint density at radius 3 is 2.00 bits per heavy atom. The fraction of sp³-hybridized carbons (Fsp3) is 0.429. The molecule has 1 aromatic rings. The molecule has 0 saturated carbocycles. The predicted molar refractivity (Wildman–Crippen MR) is 75.1 cm³/mol. The molecular weight excluding hydrogens is 242 g/mol. The predicted octanol–water partition coefficient (Wildman–Crippen LogP) is 0.809. The van der Waals surface area contributed by atoms with Gasteiger partial charge >= 0.3 is 0 Å². The Morgan fingerprint density at radius 1 is 1.00 bits per heavy atom. The van der Waals surface area contributed by atoms with Gasteiger partial charge in [-0.3, -0.25) is 9.59 Å². The highest BCUT2D eigenvalue weighted by Gasteiger charge is 2.11. The van der Waals surface area contributed by atoms with E-state index in [4.69, 9.17) is 5.73 Å². The van der Waals surface area contributed by atoms with Gasteiger partial charge in [0.05, 0.1) is 0 Å². The average molecular weight is 263 g/mol. The van der Waals surface area contributed by atoms with E-state index in [2.05, 4.69) is 4.90 Å². The van der Waals surface area contributed by atoms with Crippen molar-refractivity contribution in [1.29, 1.82) is 0 Å². The monoisotopic (exact) mass is 263 g/mol. The average Bonchev–Trinajstić information content (AvgIpc) is 2.37. The first-order chi connectivity index (χ1) is 8.91. The van der Waals surface area contributed by atoms with Gasteiger partial charge in [-0.15, -0.1) is 0 Å². The standard InChI is InChI=1S/C14H21N3O2/c1-16(2)9-4-10-17(3)14(19)12-7-5-11(6-8-12)13(15)18/h5-8H,4,9-10H2,1-3H3,(H2,15,18). The first kappa shape index (κ1) is 15.2. The van der Waals surface area contributed by atoms with Crippen LogP contribution >= 0.6 is 0 Å². The molecule has 5 nitrogen and oxygen atoms in total. The molecule has 0 radical (unpaired) electrons. The van der Waals surface area contributed by atoms with E-state index < -0.39 is 5.91 Å². The van der Waals surface area contributed by atoms with Crippen molar-refractivity contribution in [1.82, 2.24) is 9.80 Å². The molecule has 2 amide bonds. The van der Waals surface area contributed by atoms with Gasteiger partial charge < -0.3 is 15.5 Å². The van der Waals surface area contributed by atoms with E-state index in [9.17, 15) is 9.59 Å². The van der Waals surface area contributed by atoms with Gasteiger partial charge in [0.1, 0.15) is 0 Å². The zero-order chi connectivity index (χ0) is 14.4. The maximum Gasteiger partial charge on any atom is 0.253 e. The second-order valence-electron chi connectivity index (χ2n) is 4.83. The Morgan fingerprint density at radius 2 is 1.53 bits per heavy atom. The number of nitrogens with two attached hydrogens (primary N) is 1. The molecule has 0 aliphatic rings. The van der Waals surface area contributed by atoms with Crippen LogP contribution < -0.4 is 5.73 Å². The summed E-state index contributed by atoms with van der Waals surface area (Å²) in [5, 5.41) is 0. The first-order valence-electron chi connectivity index (χ1n) is 6.22. The van der Waals surface area contributed by atoms with Gasteiger partial charge in [0.2, 0.25) is 5.91 Å². The number of amides is 2. The lowest BCUT2D eigenvalue weighted by Gasteiger charge is -2.18. The van der Waals surface area contributed by atoms with Gasteiger partial charge in [-0.2, -0.15) is 0 Å². The molecule has 0 aliphatic heterocycles. The third kappa shape index (κ3) is 4.71. The minimum atomic E-state index is -0.488. The largest absolute Gasteiger partial charge is 0.366 e. The molecule has 0 atom stereocenters. The fourth-order valence-electron chi connectivity index (χ4n) is 1.72. The van der Waals surface area contributed by atoms with Crippen LogP contribution in [0, 0.1) is 0 Å². The highest BCUT2D eigenvalue weighted by Crippen LogP contribution is 2.07. The third-order valence-electron chi connectivity index (χ3n) is 2.86. The van der Waals surface area contributed by atoms with Crippen LogP contribution in [0.5, 0.6) is 0 Å². The SMILES string of the molecule is CN(C)CCCN(C)C(=O)c1ccc(C(N)=O)cc1. The smallest absolute Gasteiger partial charge is 0.253 e. The summed E-state index contributed by atoms with van der Waals surface area (Å²) in [4.78, 5) is 26.8. The van der Waals surface area contributed by atoms with E-state index in [0.717, 1.165) is 13.0 Å². The molecule has 0 spiro atoms. The van der Waals surface area contributed by atoms with Crippen molar-refractivity contribution in [2.75, 3.05) is 34.2 Å². The van der Waals surface area contributed by atoms with E-state index in [1.807, 2.05) is 14.1 Å². The van der Waals surface area contributed by atoms with Gasteiger partial charge in [-0.25, -0.2) is 0 Å². The van der Waals surface area contributed by atoms with E-state index in [1.54, 1.807) is 36.2 Å². The minimum Gasteiger partial charge on any atom is -0.366 e. The fourth-order valence-corrected chi connectivity index (χ4v) is 1.72. The highest BCUT2D eigenvalue weighted by molar-refractivity contribution is 5.97. The zero-order valence-electron chi connectivity index (χ0n) is 11.7. The van der Waals surface area contributed by atoms with Crippen molar-refractivity contribution in [3.05, 3.63) is 35.4 Å². The summed E-state index contributed by atoms with van der Waals surface area (Å²) in [5.74, 6) is -0.534. The normalized spacial score (nSPS) is 10.5. The second-order valence-corrected chi connectivity index (χ2v) is 4.83. The number of hydrogen-bond acceptors (Lipinski definition) is 3. The minimum absolute atomic E-state index is 0.0465. The van der Waals surface area contributed by atoms with Crippen LogP contribution in [-0.2, 0) is 0 Å². The molecule has 5 heteroatoms. The molecule has 2 N–H and O–H groups in total. The van der Waals surface area contributed by atoms with E-state index in [1.165, 1.54) is 0 Å². The van der Waals surface area contributed by atoms with Crippen LogP contribution in [0.25, 0.3) is 0 Å². The topological polar surface area (TPSA) is 66.6 Å². The van der Waals surface area contributed by atoms with Crippen molar-refractivity contribution < 1.29 is 9.59 Å². The number of carbonyl (C=O) groups is 2. The van der Waals surface area contributed by atoms with Crippen LogP contribution in [-0.4, -0.2) is 55.8 Å². The lowest BCUT2D eigenvalue weighted by atomic mass is 10.1. The molecule has 1 aromatic carbocycles. The van der Waals surface area contributed by atoms with Crippen molar-refractivity contribution in [3.63, 3.8) is 0 Å². The number of hydrogen-bond donors (Lipinski definition) is 1. The van der Waals surface area contributed by atoms with Crippen LogP contribution in [0.4, 0.5) is 0 Å². The van der Waals surface area contributed by atoms with E-state index in [-0.39, 0.29) is 5.91 Å². The summed E-state index contributed by atoms with van der Waals surface area (Å²) in [6.07, 6.45) is 0.925. The van der Waals surface area contributed by atoms with E-state index in [0.29, 0.717) is 17.7 Å². The summed E-state index contributed by atoms with van der Waals surface area (Å²) in [6.45, 7) is 1.65. The van der Waals surface area contributed by atoms with Gasteiger partial charge in [0.15, 0.2) is 0 Å². The van der Waals surface area contributed by atoms with E-state index >= 15 is 0 Å². The molecule has 0 aliphatic carbocycles. The third-order valence-corrected chi connectivity index (χ3v) is 2.86. The van der Waals surface area contributed by atoms with Crippen molar-refractivity contribution in [3.8, 4) is 0 Å². The Balaban J connectivity index is 2.59. The Kier molecular flexibility index (Phi) is 5.51. The lowest BCUT2D eigenvalue weighted by Crippen LogP contribution is -2.29. The molecule has 0 aromatic heterocycles. The number of benzene rings is 1. The zero-order valence-corrected chi connectivity index (χ0v) is 11.7. The summed E-state index contributed by atoms with van der Waals surface area (Å²) >= 11 is 0. The van der Waals surface area contributed by atoms with Gasteiger partial charge in [-0.1, -0.05) is 0 Å². The van der Waals surface area contributed by atoms with Crippen molar-refractivity contribution in [2.45, 2.75) is 6.42 Å². The molecular formula is C14H21N3O2. The number of rotatable bonds is 6. The molecule has 0 heterocycles.